The Morgan fingerprint density at radius 2 is 0.385 bits per heavy atom. The van der Waals surface area contributed by atoms with E-state index < -0.39 is 0 Å². The molecule has 0 aromatic heterocycles. The molecule has 0 rings (SSSR count). The summed E-state index contributed by atoms with van der Waals surface area (Å²) >= 11 is 0. The van der Waals surface area contributed by atoms with Gasteiger partial charge in [0.05, 0.1) is 0 Å². The molecule has 0 aromatic rings. The van der Waals surface area contributed by atoms with Crippen molar-refractivity contribution in [2.45, 2.75) is 0 Å². The summed E-state index contributed by atoms with van der Waals surface area (Å²) in [6, 6.07) is 0. The van der Waals surface area contributed by atoms with Crippen LogP contribution in [0.15, 0.2) is 0 Å². The molecule has 0 amide bonds. The Kier molecular flexibility index (Phi) is 575. The third-order valence-electron chi connectivity index (χ3n) is 0. The molecular formula is MnN12-4. The first-order valence-corrected chi connectivity index (χ1v) is 1.60. The molecule has 1 radical (unpaired) electrons. The van der Waals surface area contributed by atoms with Gasteiger partial charge in [-0.05, 0) is 0 Å². The second kappa shape index (κ2) is 242. The number of nitrogens with zero attached hydrogens (tertiary/aromatic N) is 12. The molecule has 0 heterocycles. The van der Waals surface area contributed by atoms with Crippen LogP contribution in [0.2, 0.25) is 0 Å². The van der Waals surface area contributed by atoms with E-state index in [-0.39, 0.29) is 17.1 Å². The second-order valence-electron chi connectivity index (χ2n) is 0.358. The van der Waals surface area contributed by atoms with Crippen molar-refractivity contribution < 1.29 is 17.1 Å². The van der Waals surface area contributed by atoms with Crippen LogP contribution in [-0.2, 0) is 17.1 Å². The van der Waals surface area contributed by atoms with Gasteiger partial charge in [0, 0.05) is 17.1 Å². The molecule has 0 unspecified atom stereocenters. The van der Waals surface area contributed by atoms with Gasteiger partial charge in [0.25, 0.3) is 0 Å². The molecule has 0 aliphatic carbocycles. The zero-order chi connectivity index (χ0) is 10.8. The normalized spacial score (nSPS) is 2.46. The average molecular weight is 223 g/mol. The minimum atomic E-state index is 0. The van der Waals surface area contributed by atoms with E-state index in [9.17, 15) is 0 Å². The molecule has 0 spiro atoms. The molecule has 0 saturated heterocycles. The monoisotopic (exact) mass is 223 g/mol. The molecule has 71 valence electrons. The average Bonchev–Trinajstić information content (AvgIpc) is 1.92. The Labute approximate surface area is 81.7 Å². The van der Waals surface area contributed by atoms with Gasteiger partial charge in [-0.15, -0.1) is 0 Å². The van der Waals surface area contributed by atoms with Crippen LogP contribution in [0.1, 0.15) is 0 Å². The van der Waals surface area contributed by atoms with Crippen LogP contribution in [0.3, 0.4) is 0 Å². The number of rotatable bonds is 0. The van der Waals surface area contributed by atoms with E-state index in [4.69, 9.17) is 44.2 Å². The quantitative estimate of drug-likeness (QED) is 0.248. The van der Waals surface area contributed by atoms with Crippen molar-refractivity contribution in [2.75, 3.05) is 0 Å². The molecule has 0 aliphatic heterocycles. The second-order valence-corrected chi connectivity index (χ2v) is 0.358. The van der Waals surface area contributed by atoms with Gasteiger partial charge in [-0.1, -0.05) is 0 Å². The van der Waals surface area contributed by atoms with Crippen LogP contribution in [0.4, 0.5) is 0 Å². The first-order valence-electron chi connectivity index (χ1n) is 1.60. The summed E-state index contributed by atoms with van der Waals surface area (Å²) in [5.74, 6) is 0. The molecule has 0 N–H and O–H groups in total. The van der Waals surface area contributed by atoms with Gasteiger partial charge in [-0.25, -0.2) is 0 Å². The summed E-state index contributed by atoms with van der Waals surface area (Å²) in [7, 11) is 0. The maximum absolute atomic E-state index is 6.75. The Hall–Kier alpha value is -2.24. The van der Waals surface area contributed by atoms with E-state index in [1.165, 1.54) is 19.6 Å². The Morgan fingerprint density at radius 3 is 0.385 bits per heavy atom. The maximum Gasteiger partial charge on any atom is 0 e. The van der Waals surface area contributed by atoms with Crippen molar-refractivity contribution >= 4 is 0 Å². The first-order chi connectivity index (χ1) is 5.66. The molecule has 0 atom stereocenters. The van der Waals surface area contributed by atoms with E-state index in [2.05, 4.69) is 0 Å². The van der Waals surface area contributed by atoms with Gasteiger partial charge in [0.2, 0.25) is 0 Å². The van der Waals surface area contributed by atoms with Crippen LogP contribution in [0.5, 0.6) is 0 Å². The largest absolute Gasteiger partial charge is 0.373 e. The fraction of sp³-hybridized carbons (Fsp3) is 0. The first kappa shape index (κ1) is 30.9. The van der Waals surface area contributed by atoms with Crippen LogP contribution in [0, 0.1) is 0 Å². The van der Waals surface area contributed by atoms with E-state index in [0.29, 0.717) is 0 Å². The number of hydrogen-bond donors (Lipinski definition) is 0. The molecule has 0 aliphatic rings. The summed E-state index contributed by atoms with van der Waals surface area (Å²) in [5.41, 5.74) is 54.0. The molecule has 12 nitrogen and oxygen atoms in total. The molecular weight excluding hydrogens is 223 g/mol. The zero-order valence-corrected chi connectivity index (χ0v) is 6.92. The summed E-state index contributed by atoms with van der Waals surface area (Å²) < 4.78 is 0. The maximum atomic E-state index is 6.75. The predicted molar refractivity (Wildman–Crippen MR) is 40.3 cm³/mol. The molecule has 0 aromatic carbocycles. The minimum absolute atomic E-state index is 0. The molecule has 13 heavy (non-hydrogen) atoms. The van der Waals surface area contributed by atoms with Gasteiger partial charge in [0.15, 0.2) is 0 Å². The molecule has 13 heteroatoms. The predicted octanol–water partition coefficient (Wildman–Crippen LogP) is 3.46. The summed E-state index contributed by atoms with van der Waals surface area (Å²) in [5, 5.41) is 0. The van der Waals surface area contributed by atoms with Crippen molar-refractivity contribution in [3.8, 4) is 0 Å². The fourth-order valence-corrected chi connectivity index (χ4v) is 0. The van der Waals surface area contributed by atoms with Crippen LogP contribution in [-0.4, -0.2) is 0 Å². The topological polar surface area (TPSA) is 235 Å². The van der Waals surface area contributed by atoms with Crippen LogP contribution in [0.25, 0.3) is 63.9 Å². The van der Waals surface area contributed by atoms with Crippen molar-refractivity contribution in [1.29, 1.82) is 0 Å². The van der Waals surface area contributed by atoms with Gasteiger partial charge in [-0.2, -0.15) is 0 Å². The van der Waals surface area contributed by atoms with E-state index in [0.717, 1.165) is 0 Å². The third-order valence-corrected chi connectivity index (χ3v) is 0. The van der Waals surface area contributed by atoms with Crippen molar-refractivity contribution in [1.82, 2.24) is 0 Å². The Balaban J connectivity index is -0.0000000213. The molecule has 0 bridgehead atoms. The zero-order valence-electron chi connectivity index (χ0n) is 5.74. The van der Waals surface area contributed by atoms with E-state index in [1.54, 1.807) is 0 Å². The standard InChI is InChI=1S/Mn.4N3/c;4*1-3-2/q;4*-1. The van der Waals surface area contributed by atoms with Gasteiger partial charge < -0.3 is 44.2 Å². The smallest absolute Gasteiger partial charge is 0 e. The van der Waals surface area contributed by atoms with Crippen LogP contribution >= 0.6 is 0 Å². The van der Waals surface area contributed by atoms with Gasteiger partial charge in [0.1, 0.15) is 0 Å². The van der Waals surface area contributed by atoms with Crippen molar-refractivity contribution in [3.05, 3.63) is 63.9 Å². The molecule has 0 fully saturated rings. The third kappa shape index (κ3) is 117. The summed E-state index contributed by atoms with van der Waals surface area (Å²) in [4.78, 5) is 6.00. The Morgan fingerprint density at radius 1 is 0.385 bits per heavy atom. The van der Waals surface area contributed by atoms with Crippen molar-refractivity contribution in [2.24, 2.45) is 0 Å². The van der Waals surface area contributed by atoms with E-state index in [1.807, 2.05) is 0 Å². The summed E-state index contributed by atoms with van der Waals surface area (Å²) in [6.45, 7) is 0. The SMILES string of the molecule is [Mn].[N-]=[N+]=[N-].[N-]=[N+]=[N-].[N-]=[N+]=[N-].[N-]=[N+]=[N-]. The summed E-state index contributed by atoms with van der Waals surface area (Å²) in [6.07, 6.45) is 0. The fourth-order valence-electron chi connectivity index (χ4n) is 0. The van der Waals surface area contributed by atoms with Gasteiger partial charge in [-0.3, -0.25) is 19.6 Å². The van der Waals surface area contributed by atoms with Gasteiger partial charge >= 0.3 is 0 Å². The minimum Gasteiger partial charge on any atom is -0.373 e. The Bertz CT molecular complexity index is 137. The van der Waals surface area contributed by atoms with E-state index >= 15 is 0 Å². The van der Waals surface area contributed by atoms with Crippen LogP contribution < -0.4 is 0 Å². The molecule has 0 saturated carbocycles. The number of hydrogen-bond acceptors (Lipinski definition) is 0. The van der Waals surface area contributed by atoms with Crippen molar-refractivity contribution in [3.63, 3.8) is 0 Å².